The second-order valence-electron chi connectivity index (χ2n) is 6.06. The molecular formula is C20H18N2O6. The molecule has 0 saturated heterocycles. The Labute approximate surface area is 159 Å². The lowest BCUT2D eigenvalue weighted by atomic mass is 10.1. The van der Waals surface area contributed by atoms with Crippen molar-refractivity contribution in [3.8, 4) is 0 Å². The Hall–Kier alpha value is -3.68. The van der Waals surface area contributed by atoms with Gasteiger partial charge in [-0.3, -0.25) is 10.1 Å². The number of esters is 1. The molecule has 3 aromatic rings. The minimum atomic E-state index is -1.04. The zero-order valence-corrected chi connectivity index (χ0v) is 15.1. The Morgan fingerprint density at radius 2 is 1.89 bits per heavy atom. The van der Waals surface area contributed by atoms with Crippen molar-refractivity contribution in [1.82, 2.24) is 0 Å². The fourth-order valence-electron chi connectivity index (χ4n) is 2.66. The second kappa shape index (κ2) is 8.34. The Bertz CT molecular complexity index is 1070. The van der Waals surface area contributed by atoms with E-state index < -0.39 is 22.2 Å². The number of rotatable bonds is 7. The van der Waals surface area contributed by atoms with Gasteiger partial charge in [0.15, 0.2) is 0 Å². The molecule has 8 nitrogen and oxygen atoms in total. The van der Waals surface area contributed by atoms with E-state index in [4.69, 9.17) is 9.15 Å². The van der Waals surface area contributed by atoms with E-state index in [1.165, 1.54) is 0 Å². The highest BCUT2D eigenvalue weighted by atomic mass is 16.6. The zero-order chi connectivity index (χ0) is 20.1. The monoisotopic (exact) mass is 382 g/mol. The number of hydrogen-bond donors (Lipinski definition) is 1. The van der Waals surface area contributed by atoms with Gasteiger partial charge in [-0.2, -0.15) is 0 Å². The Morgan fingerprint density at radius 1 is 1.18 bits per heavy atom. The zero-order valence-electron chi connectivity index (χ0n) is 15.1. The van der Waals surface area contributed by atoms with Gasteiger partial charge in [0, 0.05) is 11.1 Å². The predicted octanol–water partition coefficient (Wildman–Crippen LogP) is 4.40. The second-order valence-corrected chi connectivity index (χ2v) is 6.06. The van der Waals surface area contributed by atoms with Crippen molar-refractivity contribution in [1.29, 1.82) is 0 Å². The summed E-state index contributed by atoms with van der Waals surface area (Å²) in [5.74, 6) is -0.434. The van der Waals surface area contributed by atoms with Crippen LogP contribution < -0.4 is 10.9 Å². The highest BCUT2D eigenvalue weighted by molar-refractivity contribution is 5.96. The van der Waals surface area contributed by atoms with Gasteiger partial charge >= 0.3 is 17.3 Å². The summed E-state index contributed by atoms with van der Waals surface area (Å²) in [6, 6.07) is 12.8. The maximum absolute atomic E-state index is 12.0. The fourth-order valence-corrected chi connectivity index (χ4v) is 2.66. The van der Waals surface area contributed by atoms with Crippen molar-refractivity contribution in [2.45, 2.75) is 19.8 Å². The molecule has 0 saturated carbocycles. The summed E-state index contributed by atoms with van der Waals surface area (Å²) in [7, 11) is 0. The van der Waals surface area contributed by atoms with E-state index in [0.717, 1.165) is 12.8 Å². The standard InChI is InChI=1S/C20H18N2O6/c1-2-3-12-27-19(23)13-8-10-14(11-9-13)21-17-15-6-4-5-7-16(15)28-20(24)18(17)22(25)26/h4-11,21H,2-3,12H2,1H3. The van der Waals surface area contributed by atoms with Gasteiger partial charge in [0.1, 0.15) is 11.3 Å². The minimum Gasteiger partial charge on any atom is -0.462 e. The molecule has 0 bridgehead atoms. The van der Waals surface area contributed by atoms with Crippen LogP contribution in [0.1, 0.15) is 30.1 Å². The molecule has 0 aliphatic rings. The van der Waals surface area contributed by atoms with Crippen LogP contribution >= 0.6 is 0 Å². The van der Waals surface area contributed by atoms with Crippen LogP contribution in [-0.4, -0.2) is 17.5 Å². The van der Waals surface area contributed by atoms with Crippen molar-refractivity contribution >= 4 is 34.0 Å². The first-order valence-corrected chi connectivity index (χ1v) is 8.75. The number of nitro groups is 1. The Morgan fingerprint density at radius 3 is 2.57 bits per heavy atom. The number of ether oxygens (including phenoxy) is 1. The van der Waals surface area contributed by atoms with Crippen molar-refractivity contribution in [2.75, 3.05) is 11.9 Å². The summed E-state index contributed by atoms with van der Waals surface area (Å²) in [5.41, 5.74) is -0.603. The normalized spacial score (nSPS) is 10.6. The number of nitrogens with one attached hydrogen (secondary N) is 1. The molecule has 0 aliphatic carbocycles. The molecule has 1 N–H and O–H groups in total. The molecule has 1 aromatic heterocycles. The molecule has 0 atom stereocenters. The van der Waals surface area contributed by atoms with E-state index in [-0.39, 0.29) is 11.3 Å². The van der Waals surface area contributed by atoms with Gasteiger partial charge in [0.2, 0.25) is 0 Å². The van der Waals surface area contributed by atoms with Crippen LogP contribution in [-0.2, 0) is 4.74 Å². The molecule has 0 fully saturated rings. The number of anilines is 2. The average Bonchev–Trinajstić information content (AvgIpc) is 2.68. The van der Waals surface area contributed by atoms with Crippen LogP contribution in [0.15, 0.2) is 57.7 Å². The quantitative estimate of drug-likeness (QED) is 0.212. The van der Waals surface area contributed by atoms with Gasteiger partial charge < -0.3 is 14.5 Å². The molecule has 0 unspecified atom stereocenters. The van der Waals surface area contributed by atoms with Crippen LogP contribution in [0.2, 0.25) is 0 Å². The lowest BCUT2D eigenvalue weighted by Crippen LogP contribution is -2.10. The molecule has 0 aliphatic heterocycles. The number of para-hydroxylation sites is 1. The van der Waals surface area contributed by atoms with Gasteiger partial charge in [-0.15, -0.1) is 0 Å². The lowest BCUT2D eigenvalue weighted by Gasteiger charge is -2.10. The van der Waals surface area contributed by atoms with Crippen LogP contribution in [0.4, 0.5) is 17.1 Å². The van der Waals surface area contributed by atoms with Crippen LogP contribution in [0.25, 0.3) is 11.0 Å². The summed E-state index contributed by atoms with van der Waals surface area (Å²) in [6.45, 7) is 2.36. The Kier molecular flexibility index (Phi) is 5.69. The van der Waals surface area contributed by atoms with Gasteiger partial charge in [-0.1, -0.05) is 25.5 Å². The number of nitrogens with zero attached hydrogens (tertiary/aromatic N) is 1. The first kappa shape index (κ1) is 19.1. The van der Waals surface area contributed by atoms with Crippen molar-refractivity contribution in [2.24, 2.45) is 0 Å². The van der Waals surface area contributed by atoms with E-state index >= 15 is 0 Å². The van der Waals surface area contributed by atoms with Gasteiger partial charge in [0.05, 0.1) is 17.1 Å². The largest absolute Gasteiger partial charge is 0.462 e. The third-order valence-corrected chi connectivity index (χ3v) is 4.09. The number of unbranched alkanes of at least 4 members (excludes halogenated alkanes) is 1. The molecule has 8 heteroatoms. The summed E-state index contributed by atoms with van der Waals surface area (Å²) in [5, 5.41) is 14.7. The maximum Gasteiger partial charge on any atom is 0.417 e. The molecule has 0 radical (unpaired) electrons. The summed E-state index contributed by atoms with van der Waals surface area (Å²) < 4.78 is 10.2. The third kappa shape index (κ3) is 4.01. The molecule has 144 valence electrons. The van der Waals surface area contributed by atoms with E-state index in [1.807, 2.05) is 6.92 Å². The molecule has 28 heavy (non-hydrogen) atoms. The summed E-state index contributed by atoms with van der Waals surface area (Å²) >= 11 is 0. The fraction of sp³-hybridized carbons (Fsp3) is 0.200. The first-order valence-electron chi connectivity index (χ1n) is 8.75. The summed E-state index contributed by atoms with van der Waals surface area (Å²) in [6.07, 6.45) is 1.71. The smallest absolute Gasteiger partial charge is 0.417 e. The average molecular weight is 382 g/mol. The van der Waals surface area contributed by atoms with E-state index in [9.17, 15) is 19.7 Å². The number of carbonyl (C=O) groups excluding carboxylic acids is 1. The van der Waals surface area contributed by atoms with Crippen LogP contribution in [0, 0.1) is 10.1 Å². The van der Waals surface area contributed by atoms with E-state index in [1.54, 1.807) is 48.5 Å². The molecular weight excluding hydrogens is 364 g/mol. The number of hydrogen-bond acceptors (Lipinski definition) is 7. The number of benzene rings is 2. The summed E-state index contributed by atoms with van der Waals surface area (Å²) in [4.78, 5) is 34.6. The van der Waals surface area contributed by atoms with Crippen molar-refractivity contribution in [3.63, 3.8) is 0 Å². The Balaban J connectivity index is 1.92. The predicted molar refractivity (Wildman–Crippen MR) is 104 cm³/mol. The molecule has 2 aromatic carbocycles. The molecule has 0 amide bonds. The topological polar surface area (TPSA) is 112 Å². The van der Waals surface area contributed by atoms with Gasteiger partial charge in [0.25, 0.3) is 0 Å². The first-order chi connectivity index (χ1) is 13.5. The number of carbonyl (C=O) groups is 1. The van der Waals surface area contributed by atoms with Gasteiger partial charge in [-0.25, -0.2) is 9.59 Å². The van der Waals surface area contributed by atoms with Crippen LogP contribution in [0.5, 0.6) is 0 Å². The molecule has 1 heterocycles. The highest BCUT2D eigenvalue weighted by Gasteiger charge is 2.24. The SMILES string of the molecule is CCCCOC(=O)c1ccc(Nc2c([N+](=O)[O-])c(=O)oc3ccccc23)cc1. The van der Waals surface area contributed by atoms with Crippen molar-refractivity contribution < 1.29 is 18.9 Å². The lowest BCUT2D eigenvalue weighted by molar-refractivity contribution is -0.386. The minimum absolute atomic E-state index is 0.0372. The third-order valence-electron chi connectivity index (χ3n) is 4.09. The van der Waals surface area contributed by atoms with Gasteiger partial charge in [-0.05, 0) is 42.8 Å². The number of fused-ring (bicyclic) bond motifs is 1. The van der Waals surface area contributed by atoms with E-state index in [2.05, 4.69) is 5.32 Å². The van der Waals surface area contributed by atoms with E-state index in [0.29, 0.717) is 23.2 Å². The van der Waals surface area contributed by atoms with Crippen LogP contribution in [0.3, 0.4) is 0 Å². The molecule has 3 rings (SSSR count). The highest BCUT2D eigenvalue weighted by Crippen LogP contribution is 2.32. The molecule has 0 spiro atoms. The van der Waals surface area contributed by atoms with Crippen molar-refractivity contribution in [3.05, 3.63) is 74.6 Å². The maximum atomic E-state index is 12.0.